The van der Waals surface area contributed by atoms with Crippen LogP contribution in [-0.2, 0) is 16.1 Å². The maximum atomic E-state index is 13.4. The van der Waals surface area contributed by atoms with Gasteiger partial charge in [-0.3, -0.25) is 9.59 Å². The second kappa shape index (κ2) is 13.0. The van der Waals surface area contributed by atoms with Gasteiger partial charge in [0, 0.05) is 17.6 Å². The van der Waals surface area contributed by atoms with Crippen molar-refractivity contribution in [2.45, 2.75) is 64.1 Å². The maximum absolute atomic E-state index is 13.4. The maximum Gasteiger partial charge on any atom is 0.261 e. The SMILES string of the molecule is CCC(C(=O)NC1CCCCC1)N(Cc1ccc(OC)cc1)C(=O)COc1ccc(Cl)cc1Br. The van der Waals surface area contributed by atoms with Gasteiger partial charge in [-0.1, -0.05) is 49.9 Å². The molecule has 3 rings (SSSR count). The largest absolute Gasteiger partial charge is 0.497 e. The van der Waals surface area contributed by atoms with Crippen molar-refractivity contribution in [3.63, 3.8) is 0 Å². The van der Waals surface area contributed by atoms with E-state index in [1.54, 1.807) is 30.2 Å². The number of amides is 2. The van der Waals surface area contributed by atoms with Gasteiger partial charge in [0.15, 0.2) is 6.61 Å². The summed E-state index contributed by atoms with van der Waals surface area (Å²) in [5, 5.41) is 3.75. The van der Waals surface area contributed by atoms with Crippen molar-refractivity contribution in [2.75, 3.05) is 13.7 Å². The highest BCUT2D eigenvalue weighted by atomic mass is 79.9. The Bertz CT molecular complexity index is 964. The Morgan fingerprint density at radius 1 is 1.15 bits per heavy atom. The molecule has 0 radical (unpaired) electrons. The van der Waals surface area contributed by atoms with Crippen LogP contribution in [0.1, 0.15) is 51.0 Å². The highest BCUT2D eigenvalue weighted by Gasteiger charge is 2.30. The van der Waals surface area contributed by atoms with Crippen LogP contribution in [0.15, 0.2) is 46.9 Å². The van der Waals surface area contributed by atoms with Crippen LogP contribution in [-0.4, -0.2) is 42.5 Å². The summed E-state index contributed by atoms with van der Waals surface area (Å²) < 4.78 is 11.7. The lowest BCUT2D eigenvalue weighted by atomic mass is 9.95. The molecule has 184 valence electrons. The minimum atomic E-state index is -0.589. The summed E-state index contributed by atoms with van der Waals surface area (Å²) in [4.78, 5) is 28.2. The topological polar surface area (TPSA) is 67.9 Å². The molecule has 1 atom stereocenters. The fourth-order valence-corrected chi connectivity index (χ4v) is 5.00. The molecule has 0 aliphatic heterocycles. The third-order valence-electron chi connectivity index (χ3n) is 6.09. The number of rotatable bonds is 10. The number of benzene rings is 2. The molecular formula is C26H32BrClN2O4. The number of nitrogens with zero attached hydrogens (tertiary/aromatic N) is 1. The molecule has 2 aromatic rings. The van der Waals surface area contributed by atoms with Crippen molar-refractivity contribution in [3.05, 3.63) is 57.5 Å². The van der Waals surface area contributed by atoms with E-state index in [0.717, 1.165) is 37.0 Å². The zero-order valence-corrected chi connectivity index (χ0v) is 22.0. The molecule has 0 bridgehead atoms. The van der Waals surface area contributed by atoms with E-state index in [9.17, 15) is 9.59 Å². The summed E-state index contributed by atoms with van der Waals surface area (Å²) in [6, 6.07) is 12.2. The molecule has 2 amide bonds. The molecule has 0 saturated heterocycles. The number of carbonyl (C=O) groups excluding carboxylic acids is 2. The highest BCUT2D eigenvalue weighted by molar-refractivity contribution is 9.10. The summed E-state index contributed by atoms with van der Waals surface area (Å²) in [5.74, 6) is 0.883. The molecular weight excluding hydrogens is 520 g/mol. The van der Waals surface area contributed by atoms with Crippen molar-refractivity contribution in [1.82, 2.24) is 10.2 Å². The summed E-state index contributed by atoms with van der Waals surface area (Å²) in [7, 11) is 1.61. The van der Waals surface area contributed by atoms with E-state index in [1.807, 2.05) is 31.2 Å². The van der Waals surface area contributed by atoms with Gasteiger partial charge in [0.2, 0.25) is 5.91 Å². The van der Waals surface area contributed by atoms with Gasteiger partial charge in [0.25, 0.3) is 5.91 Å². The molecule has 1 saturated carbocycles. The summed E-state index contributed by atoms with van der Waals surface area (Å²) in [6.45, 7) is 2.03. The van der Waals surface area contributed by atoms with E-state index in [2.05, 4.69) is 21.2 Å². The number of carbonyl (C=O) groups is 2. The summed E-state index contributed by atoms with van der Waals surface area (Å²) in [6.07, 6.45) is 5.94. The van der Waals surface area contributed by atoms with Gasteiger partial charge in [-0.15, -0.1) is 0 Å². The summed E-state index contributed by atoms with van der Waals surface area (Å²) in [5.41, 5.74) is 0.908. The molecule has 8 heteroatoms. The highest BCUT2D eigenvalue weighted by Crippen LogP contribution is 2.28. The van der Waals surface area contributed by atoms with Crippen molar-refractivity contribution < 1.29 is 19.1 Å². The number of nitrogens with one attached hydrogen (secondary N) is 1. The smallest absolute Gasteiger partial charge is 0.261 e. The van der Waals surface area contributed by atoms with Crippen LogP contribution in [0.2, 0.25) is 5.02 Å². The zero-order valence-electron chi connectivity index (χ0n) is 19.7. The predicted octanol–water partition coefficient (Wildman–Crippen LogP) is 5.75. The Morgan fingerprint density at radius 3 is 2.47 bits per heavy atom. The Morgan fingerprint density at radius 2 is 1.85 bits per heavy atom. The van der Waals surface area contributed by atoms with Gasteiger partial charge in [-0.05, 0) is 71.1 Å². The first-order chi connectivity index (χ1) is 16.4. The first kappa shape index (κ1) is 26.4. The number of methoxy groups -OCH3 is 1. The van der Waals surface area contributed by atoms with Gasteiger partial charge in [-0.2, -0.15) is 0 Å². The second-order valence-corrected chi connectivity index (χ2v) is 9.79. The molecule has 1 fully saturated rings. The number of ether oxygens (including phenoxy) is 2. The van der Waals surface area contributed by atoms with Crippen LogP contribution in [0.4, 0.5) is 0 Å². The Kier molecular flexibility index (Phi) is 10.1. The first-order valence-corrected chi connectivity index (χ1v) is 12.9. The molecule has 2 aromatic carbocycles. The van der Waals surface area contributed by atoms with E-state index < -0.39 is 6.04 Å². The van der Waals surface area contributed by atoms with E-state index in [0.29, 0.717) is 28.2 Å². The Hall–Kier alpha value is -2.25. The fourth-order valence-electron chi connectivity index (χ4n) is 4.21. The van der Waals surface area contributed by atoms with Crippen LogP contribution >= 0.6 is 27.5 Å². The minimum absolute atomic E-state index is 0.107. The lowest BCUT2D eigenvalue weighted by molar-refractivity contribution is -0.143. The third-order valence-corrected chi connectivity index (χ3v) is 6.95. The lowest BCUT2D eigenvalue weighted by Crippen LogP contribution is -2.52. The third kappa shape index (κ3) is 7.37. The van der Waals surface area contributed by atoms with Crippen molar-refractivity contribution in [1.29, 1.82) is 0 Å². The first-order valence-electron chi connectivity index (χ1n) is 11.7. The van der Waals surface area contributed by atoms with E-state index in [4.69, 9.17) is 21.1 Å². The molecule has 0 aromatic heterocycles. The van der Waals surface area contributed by atoms with E-state index in [-0.39, 0.29) is 24.5 Å². The average molecular weight is 552 g/mol. The van der Waals surface area contributed by atoms with Gasteiger partial charge in [-0.25, -0.2) is 0 Å². The van der Waals surface area contributed by atoms with Crippen molar-refractivity contribution >= 4 is 39.3 Å². The molecule has 1 N–H and O–H groups in total. The molecule has 34 heavy (non-hydrogen) atoms. The monoisotopic (exact) mass is 550 g/mol. The second-order valence-electron chi connectivity index (χ2n) is 8.50. The van der Waals surface area contributed by atoms with Crippen molar-refractivity contribution in [2.24, 2.45) is 0 Å². The predicted molar refractivity (Wildman–Crippen MR) is 137 cm³/mol. The summed E-state index contributed by atoms with van der Waals surface area (Å²) >= 11 is 9.42. The molecule has 6 nitrogen and oxygen atoms in total. The van der Waals surface area contributed by atoms with Crippen LogP contribution in [0.25, 0.3) is 0 Å². The van der Waals surface area contributed by atoms with Gasteiger partial charge >= 0.3 is 0 Å². The molecule has 0 heterocycles. The Labute approximate surface area is 215 Å². The minimum Gasteiger partial charge on any atom is -0.497 e. The van der Waals surface area contributed by atoms with Gasteiger partial charge < -0.3 is 19.7 Å². The van der Waals surface area contributed by atoms with Gasteiger partial charge in [0.1, 0.15) is 17.5 Å². The van der Waals surface area contributed by atoms with E-state index in [1.165, 1.54) is 6.42 Å². The van der Waals surface area contributed by atoms with E-state index >= 15 is 0 Å². The molecule has 1 aliphatic carbocycles. The lowest BCUT2D eigenvalue weighted by Gasteiger charge is -2.32. The average Bonchev–Trinajstić information content (AvgIpc) is 2.84. The van der Waals surface area contributed by atoms with Crippen LogP contribution in [0, 0.1) is 0 Å². The molecule has 1 unspecified atom stereocenters. The normalized spacial score (nSPS) is 14.8. The Balaban J connectivity index is 1.77. The van der Waals surface area contributed by atoms with Crippen molar-refractivity contribution in [3.8, 4) is 11.5 Å². The molecule has 0 spiro atoms. The zero-order chi connectivity index (χ0) is 24.5. The van der Waals surface area contributed by atoms with Crippen LogP contribution in [0.3, 0.4) is 0 Å². The fraction of sp³-hybridized carbons (Fsp3) is 0.462. The number of halogens is 2. The number of hydrogen-bond donors (Lipinski definition) is 1. The number of hydrogen-bond acceptors (Lipinski definition) is 4. The molecule has 1 aliphatic rings. The van der Waals surface area contributed by atoms with Crippen LogP contribution in [0.5, 0.6) is 11.5 Å². The van der Waals surface area contributed by atoms with Crippen LogP contribution < -0.4 is 14.8 Å². The standard InChI is InChI=1S/C26H32BrClN2O4/c1-3-23(26(32)29-20-7-5-4-6-8-20)30(16-18-9-12-21(33-2)13-10-18)25(31)17-34-24-14-11-19(28)15-22(24)27/h9-15,20,23H,3-8,16-17H2,1-2H3,(H,29,32). The quantitative estimate of drug-likeness (QED) is 0.408. The van der Waals surface area contributed by atoms with Gasteiger partial charge in [0.05, 0.1) is 11.6 Å².